The molecule has 0 radical (unpaired) electrons. The average Bonchev–Trinajstić information content (AvgIpc) is 3.15. The second-order valence-electron chi connectivity index (χ2n) is 7.72. The zero-order chi connectivity index (χ0) is 22.6. The summed E-state index contributed by atoms with van der Waals surface area (Å²) in [7, 11) is -0.808. The first kappa shape index (κ1) is 20.2. The van der Waals surface area contributed by atoms with Gasteiger partial charge in [-0.05, 0) is 48.7 Å². The first-order valence-corrected chi connectivity index (χ1v) is 11.5. The van der Waals surface area contributed by atoms with E-state index in [9.17, 15) is 8.42 Å². The Balaban J connectivity index is 2.02. The maximum atomic E-state index is 13.9. The lowest BCUT2D eigenvalue weighted by molar-refractivity contribution is 0.356. The molecule has 0 aliphatic rings. The van der Waals surface area contributed by atoms with Crippen molar-refractivity contribution >= 4 is 48.3 Å². The third-order valence-electron chi connectivity index (χ3n) is 5.80. The monoisotopic (exact) mass is 446 g/mol. The molecule has 5 aromatic rings. The van der Waals surface area contributed by atoms with E-state index in [0.29, 0.717) is 39.0 Å². The van der Waals surface area contributed by atoms with E-state index in [1.165, 1.54) is 3.97 Å². The first-order chi connectivity index (χ1) is 15.4. The minimum absolute atomic E-state index is 0.210. The zero-order valence-electron chi connectivity index (χ0n) is 17.9. The Bertz CT molecular complexity index is 1620. The lowest BCUT2D eigenvalue weighted by atomic mass is 10.0. The van der Waals surface area contributed by atoms with Crippen LogP contribution in [-0.2, 0) is 10.0 Å². The molecule has 0 bridgehead atoms. The maximum Gasteiger partial charge on any atom is 0.268 e. The standard InChI is InChI=1S/C25H22N2O4S/c1-15-8-10-17(11-9-15)32(28,29)27-21-7-5-4-6-18(21)24-20(26)12-16-13-22(30-2)23(31-3)14-19(16)25(24)27/h4-14H,26H2,1-3H3. The fourth-order valence-electron chi connectivity index (χ4n) is 4.27. The lowest BCUT2D eigenvalue weighted by Gasteiger charge is -2.14. The SMILES string of the molecule is COc1cc2cc(N)c3c4ccccc4n(S(=O)(=O)c4ccc(C)cc4)c3c2cc1OC. The number of aromatic nitrogens is 1. The van der Waals surface area contributed by atoms with Crippen LogP contribution in [-0.4, -0.2) is 26.6 Å². The van der Waals surface area contributed by atoms with Gasteiger partial charge >= 0.3 is 0 Å². The molecule has 1 heterocycles. The van der Waals surface area contributed by atoms with Gasteiger partial charge in [-0.25, -0.2) is 12.4 Å². The predicted molar refractivity (Wildman–Crippen MR) is 128 cm³/mol. The third-order valence-corrected chi connectivity index (χ3v) is 7.53. The summed E-state index contributed by atoms with van der Waals surface area (Å²) in [6, 6.07) is 19.7. The number of aryl methyl sites for hydroxylation is 1. The van der Waals surface area contributed by atoms with Crippen molar-refractivity contribution in [2.45, 2.75) is 11.8 Å². The van der Waals surface area contributed by atoms with Crippen LogP contribution in [0.1, 0.15) is 5.56 Å². The van der Waals surface area contributed by atoms with Gasteiger partial charge in [0.15, 0.2) is 11.5 Å². The highest BCUT2D eigenvalue weighted by Gasteiger charge is 2.26. The number of hydrogen-bond donors (Lipinski definition) is 1. The molecule has 4 aromatic carbocycles. The molecule has 0 spiro atoms. The van der Waals surface area contributed by atoms with Gasteiger partial charge in [-0.15, -0.1) is 0 Å². The number of nitrogens with zero attached hydrogens (tertiary/aromatic N) is 1. The van der Waals surface area contributed by atoms with Crippen molar-refractivity contribution < 1.29 is 17.9 Å². The topological polar surface area (TPSA) is 83.5 Å². The van der Waals surface area contributed by atoms with Crippen molar-refractivity contribution in [1.82, 2.24) is 3.97 Å². The molecular formula is C25H22N2O4S. The summed E-state index contributed by atoms with van der Waals surface area (Å²) >= 11 is 0. The fraction of sp³-hybridized carbons (Fsp3) is 0.120. The van der Waals surface area contributed by atoms with Crippen LogP contribution < -0.4 is 15.2 Å². The van der Waals surface area contributed by atoms with Gasteiger partial charge in [0, 0.05) is 21.8 Å². The molecule has 6 nitrogen and oxygen atoms in total. The largest absolute Gasteiger partial charge is 0.493 e. The number of methoxy groups -OCH3 is 2. The van der Waals surface area contributed by atoms with E-state index in [-0.39, 0.29) is 4.90 Å². The molecule has 0 aliphatic carbocycles. The zero-order valence-corrected chi connectivity index (χ0v) is 18.7. The number of rotatable bonds is 4. The van der Waals surface area contributed by atoms with Gasteiger partial charge in [0.1, 0.15) is 0 Å². The number of para-hydroxylation sites is 1. The highest BCUT2D eigenvalue weighted by molar-refractivity contribution is 7.90. The summed E-state index contributed by atoms with van der Waals surface area (Å²) in [6.07, 6.45) is 0. The second kappa shape index (κ2) is 7.17. The van der Waals surface area contributed by atoms with Gasteiger partial charge in [-0.1, -0.05) is 35.9 Å². The summed E-state index contributed by atoms with van der Waals surface area (Å²) < 4.78 is 40.2. The highest BCUT2D eigenvalue weighted by Crippen LogP contribution is 2.43. The molecule has 2 N–H and O–H groups in total. The van der Waals surface area contributed by atoms with Crippen molar-refractivity contribution in [3.05, 3.63) is 72.3 Å². The molecule has 0 atom stereocenters. The van der Waals surface area contributed by atoms with E-state index in [0.717, 1.165) is 16.3 Å². The van der Waals surface area contributed by atoms with Gasteiger partial charge < -0.3 is 15.2 Å². The van der Waals surface area contributed by atoms with Crippen molar-refractivity contribution in [2.75, 3.05) is 20.0 Å². The van der Waals surface area contributed by atoms with Gasteiger partial charge in [0.2, 0.25) is 0 Å². The van der Waals surface area contributed by atoms with Crippen LogP contribution in [0.4, 0.5) is 5.69 Å². The third kappa shape index (κ3) is 2.81. The Labute approximate surface area is 185 Å². The van der Waals surface area contributed by atoms with E-state index >= 15 is 0 Å². The number of nitrogen functional groups attached to an aromatic ring is 1. The van der Waals surface area contributed by atoms with E-state index < -0.39 is 10.0 Å². The van der Waals surface area contributed by atoms with Crippen molar-refractivity contribution in [3.63, 3.8) is 0 Å². The highest BCUT2D eigenvalue weighted by atomic mass is 32.2. The van der Waals surface area contributed by atoms with Crippen molar-refractivity contribution in [1.29, 1.82) is 0 Å². The molecule has 162 valence electrons. The summed E-state index contributed by atoms with van der Waals surface area (Å²) in [4.78, 5) is 0.210. The van der Waals surface area contributed by atoms with Crippen molar-refractivity contribution in [2.24, 2.45) is 0 Å². The molecule has 0 saturated heterocycles. The molecule has 0 saturated carbocycles. The predicted octanol–water partition coefficient (Wildman–Crippen LogP) is 5.09. The Morgan fingerprint density at radius 2 is 1.50 bits per heavy atom. The van der Waals surface area contributed by atoms with E-state index in [1.807, 2.05) is 37.3 Å². The van der Waals surface area contributed by atoms with Crippen molar-refractivity contribution in [3.8, 4) is 11.5 Å². The van der Waals surface area contributed by atoms with Crippen LogP contribution in [0.15, 0.2) is 71.6 Å². The van der Waals surface area contributed by atoms with E-state index in [4.69, 9.17) is 15.2 Å². The fourth-order valence-corrected chi connectivity index (χ4v) is 5.81. The number of ether oxygens (including phenoxy) is 2. The Morgan fingerprint density at radius 1 is 0.844 bits per heavy atom. The van der Waals surface area contributed by atoms with Crippen LogP contribution >= 0.6 is 0 Å². The molecule has 5 rings (SSSR count). The van der Waals surface area contributed by atoms with Crippen LogP contribution in [0.5, 0.6) is 11.5 Å². The maximum absolute atomic E-state index is 13.9. The minimum Gasteiger partial charge on any atom is -0.493 e. The molecule has 0 aliphatic heterocycles. The Kier molecular flexibility index (Phi) is 4.53. The Hall–Kier alpha value is -3.71. The number of hydrogen-bond acceptors (Lipinski definition) is 5. The molecule has 1 aromatic heterocycles. The Morgan fingerprint density at radius 3 is 2.19 bits per heavy atom. The van der Waals surface area contributed by atoms with Gasteiger partial charge in [-0.2, -0.15) is 0 Å². The number of fused-ring (bicyclic) bond motifs is 5. The number of anilines is 1. The lowest BCUT2D eigenvalue weighted by Crippen LogP contribution is -2.13. The molecule has 0 amide bonds. The first-order valence-electron chi connectivity index (χ1n) is 10.1. The van der Waals surface area contributed by atoms with E-state index in [1.54, 1.807) is 50.6 Å². The average molecular weight is 447 g/mol. The second-order valence-corrected chi connectivity index (χ2v) is 9.50. The molecule has 0 fully saturated rings. The van der Waals surface area contributed by atoms with E-state index in [2.05, 4.69) is 0 Å². The van der Waals surface area contributed by atoms with Crippen LogP contribution in [0.2, 0.25) is 0 Å². The molecule has 7 heteroatoms. The molecule has 32 heavy (non-hydrogen) atoms. The number of nitrogens with two attached hydrogens (primary N) is 1. The number of benzene rings is 4. The summed E-state index contributed by atoms with van der Waals surface area (Å²) in [5.74, 6) is 1.05. The normalized spacial score (nSPS) is 12.0. The summed E-state index contributed by atoms with van der Waals surface area (Å²) in [5.41, 5.74) is 9.05. The van der Waals surface area contributed by atoms with Gasteiger partial charge in [-0.3, -0.25) is 0 Å². The molecule has 0 unspecified atom stereocenters. The van der Waals surface area contributed by atoms with Crippen LogP contribution in [0, 0.1) is 6.92 Å². The minimum atomic E-state index is -3.92. The quantitative estimate of drug-likeness (QED) is 0.389. The van der Waals surface area contributed by atoms with Gasteiger partial charge in [0.05, 0.1) is 30.1 Å². The summed E-state index contributed by atoms with van der Waals surface area (Å²) in [6.45, 7) is 1.92. The smallest absolute Gasteiger partial charge is 0.268 e. The van der Waals surface area contributed by atoms with Crippen LogP contribution in [0.3, 0.4) is 0 Å². The van der Waals surface area contributed by atoms with Gasteiger partial charge in [0.25, 0.3) is 10.0 Å². The summed E-state index contributed by atoms with van der Waals surface area (Å²) in [5, 5.41) is 2.93. The van der Waals surface area contributed by atoms with Crippen LogP contribution in [0.25, 0.3) is 32.6 Å². The molecular weight excluding hydrogens is 424 g/mol.